The molecule has 5 aromatic carbocycles. The second kappa shape index (κ2) is 16.9. The number of hydrogen-bond acceptors (Lipinski definition) is 6. The van der Waals surface area contributed by atoms with Crippen LogP contribution >= 0.6 is 57.9 Å². The van der Waals surface area contributed by atoms with E-state index in [0.29, 0.717) is 42.7 Å². The number of rotatable bonds is 11. The third kappa shape index (κ3) is 9.46. The van der Waals surface area contributed by atoms with Crippen molar-refractivity contribution in [3.05, 3.63) is 170 Å². The van der Waals surface area contributed by atoms with Gasteiger partial charge in [0.25, 0.3) is 11.8 Å². The third-order valence-electron chi connectivity index (χ3n) is 7.39. The molecular formula is C39H27Cl3N4O3S2. The molecule has 0 bridgehead atoms. The second-order valence-corrected chi connectivity index (χ2v) is 14.2. The van der Waals surface area contributed by atoms with Gasteiger partial charge in [0.2, 0.25) is 5.91 Å². The number of thiazole rings is 1. The molecular weight excluding hydrogens is 743 g/mol. The van der Waals surface area contributed by atoms with E-state index in [1.54, 1.807) is 78.9 Å². The van der Waals surface area contributed by atoms with Crippen LogP contribution in [0.25, 0.3) is 17.3 Å². The number of aromatic nitrogens is 1. The molecule has 12 heteroatoms. The Balaban J connectivity index is 1.17. The number of thioether (sulfide) groups is 1. The summed E-state index contributed by atoms with van der Waals surface area (Å²) in [5.41, 5.74) is 3.73. The highest BCUT2D eigenvalue weighted by atomic mass is 35.5. The third-order valence-corrected chi connectivity index (χ3v) is 10.5. The van der Waals surface area contributed by atoms with Crippen molar-refractivity contribution in [2.45, 2.75) is 10.1 Å². The summed E-state index contributed by atoms with van der Waals surface area (Å²) in [4.78, 5) is 45.6. The first-order valence-electron chi connectivity index (χ1n) is 15.4. The molecule has 0 aliphatic heterocycles. The summed E-state index contributed by atoms with van der Waals surface area (Å²) in [6.45, 7) is 0. The summed E-state index contributed by atoms with van der Waals surface area (Å²) >= 11 is 21.3. The maximum absolute atomic E-state index is 13.7. The van der Waals surface area contributed by atoms with E-state index in [1.807, 2.05) is 53.9 Å². The Morgan fingerprint density at radius 1 is 0.725 bits per heavy atom. The highest BCUT2D eigenvalue weighted by Crippen LogP contribution is 2.38. The number of nitrogens with one attached hydrogen (secondary N) is 3. The molecule has 0 saturated heterocycles. The zero-order chi connectivity index (χ0) is 35.7. The van der Waals surface area contributed by atoms with Gasteiger partial charge >= 0.3 is 0 Å². The number of carbonyl (C=O) groups is 3. The minimum absolute atomic E-state index is 0.0146. The van der Waals surface area contributed by atoms with Crippen LogP contribution in [0, 0.1) is 0 Å². The van der Waals surface area contributed by atoms with Crippen LogP contribution in [-0.2, 0) is 9.59 Å². The molecule has 0 aliphatic carbocycles. The number of carbonyl (C=O) groups excluding carboxylic acids is 3. The van der Waals surface area contributed by atoms with Gasteiger partial charge in [-0.2, -0.15) is 0 Å². The minimum Gasteiger partial charge on any atom is -0.321 e. The molecule has 3 amide bonds. The standard InChI is InChI=1S/C39H27Cl3N4O3S2/c40-30-14-8-7-13-26(30)22-33(44-36(47)25-11-5-2-6-12-25)37(48)43-28-16-18-29(19-17-28)51-35(24-9-3-1-4-10-24)38(49)46-39-45-34(23-50-39)27-15-20-31(41)32(42)21-27/h1-23,35H,(H,43,48)(H,44,47)(H,45,46,49)/b33-22-. The Hall–Kier alpha value is -4.90. The molecule has 6 aromatic rings. The molecule has 0 aliphatic rings. The molecule has 6 rings (SSSR count). The lowest BCUT2D eigenvalue weighted by Gasteiger charge is -2.17. The van der Waals surface area contributed by atoms with Crippen LogP contribution in [-0.4, -0.2) is 22.7 Å². The Labute approximate surface area is 317 Å². The summed E-state index contributed by atoms with van der Waals surface area (Å²) in [6.07, 6.45) is 1.53. The highest BCUT2D eigenvalue weighted by molar-refractivity contribution is 8.00. The lowest BCUT2D eigenvalue weighted by atomic mass is 10.1. The SMILES string of the molecule is O=C(Nc1ccc(SC(C(=O)Nc2nc(-c3ccc(Cl)c(Cl)c3)cs2)c2ccccc2)cc1)/C(=C/c1ccccc1Cl)NC(=O)c1ccccc1. The fourth-order valence-corrected chi connectivity index (χ4v) is 7.07. The van der Waals surface area contributed by atoms with Crippen molar-refractivity contribution >= 4 is 92.5 Å². The number of amides is 3. The average molecular weight is 770 g/mol. The molecule has 7 nitrogen and oxygen atoms in total. The largest absolute Gasteiger partial charge is 0.321 e. The maximum atomic E-state index is 13.7. The first-order chi connectivity index (χ1) is 24.7. The molecule has 1 aromatic heterocycles. The van der Waals surface area contributed by atoms with E-state index in [4.69, 9.17) is 34.8 Å². The predicted molar refractivity (Wildman–Crippen MR) is 210 cm³/mol. The average Bonchev–Trinajstić information content (AvgIpc) is 3.62. The molecule has 3 N–H and O–H groups in total. The van der Waals surface area contributed by atoms with Crippen LogP contribution in [0.4, 0.5) is 10.8 Å². The summed E-state index contributed by atoms with van der Waals surface area (Å²) in [7, 11) is 0. The molecule has 1 heterocycles. The highest BCUT2D eigenvalue weighted by Gasteiger charge is 2.24. The molecule has 1 atom stereocenters. The Bertz CT molecular complexity index is 2210. The van der Waals surface area contributed by atoms with Crippen molar-refractivity contribution in [1.29, 1.82) is 0 Å². The van der Waals surface area contributed by atoms with Crippen LogP contribution in [0.1, 0.15) is 26.7 Å². The van der Waals surface area contributed by atoms with Gasteiger partial charge in [-0.05, 0) is 71.8 Å². The van der Waals surface area contributed by atoms with E-state index < -0.39 is 17.1 Å². The summed E-state index contributed by atoms with van der Waals surface area (Å²) < 4.78 is 0. The van der Waals surface area contributed by atoms with Crippen molar-refractivity contribution in [3.63, 3.8) is 0 Å². The normalized spacial score (nSPS) is 11.8. The van der Waals surface area contributed by atoms with E-state index in [9.17, 15) is 14.4 Å². The quantitative estimate of drug-likeness (QED) is 0.0900. The van der Waals surface area contributed by atoms with Gasteiger partial charge in [-0.25, -0.2) is 4.98 Å². The second-order valence-electron chi connectivity index (χ2n) is 10.9. The van der Waals surface area contributed by atoms with E-state index in [1.165, 1.54) is 29.2 Å². The number of benzene rings is 5. The number of halogens is 3. The van der Waals surface area contributed by atoms with Gasteiger partial charge in [0.1, 0.15) is 10.9 Å². The monoisotopic (exact) mass is 768 g/mol. The van der Waals surface area contributed by atoms with E-state index in [2.05, 4.69) is 20.9 Å². The van der Waals surface area contributed by atoms with Crippen molar-refractivity contribution in [2.24, 2.45) is 0 Å². The summed E-state index contributed by atoms with van der Waals surface area (Å²) in [5.74, 6) is -1.23. The van der Waals surface area contributed by atoms with Gasteiger partial charge in [0.05, 0.1) is 15.7 Å². The zero-order valence-electron chi connectivity index (χ0n) is 26.5. The van der Waals surface area contributed by atoms with Crippen molar-refractivity contribution in [1.82, 2.24) is 10.3 Å². The van der Waals surface area contributed by atoms with Crippen molar-refractivity contribution in [2.75, 3.05) is 10.6 Å². The van der Waals surface area contributed by atoms with Gasteiger partial charge in [-0.15, -0.1) is 23.1 Å². The topological polar surface area (TPSA) is 100 Å². The Morgan fingerprint density at radius 2 is 1.41 bits per heavy atom. The predicted octanol–water partition coefficient (Wildman–Crippen LogP) is 10.7. The number of anilines is 2. The number of nitrogens with zero attached hydrogens (tertiary/aromatic N) is 1. The van der Waals surface area contributed by atoms with Gasteiger partial charge in [0.15, 0.2) is 5.13 Å². The zero-order valence-corrected chi connectivity index (χ0v) is 30.4. The lowest BCUT2D eigenvalue weighted by Crippen LogP contribution is -2.30. The first-order valence-corrected chi connectivity index (χ1v) is 18.3. The van der Waals surface area contributed by atoms with Gasteiger partial charge in [-0.1, -0.05) is 108 Å². The minimum atomic E-state index is -0.609. The Morgan fingerprint density at radius 3 is 2.12 bits per heavy atom. The lowest BCUT2D eigenvalue weighted by molar-refractivity contribution is -0.116. The molecule has 0 fully saturated rings. The Kier molecular flexibility index (Phi) is 11.9. The number of hydrogen-bond donors (Lipinski definition) is 3. The van der Waals surface area contributed by atoms with E-state index in [0.717, 1.165) is 16.0 Å². The molecule has 0 spiro atoms. The molecule has 0 saturated carbocycles. The van der Waals surface area contributed by atoms with E-state index in [-0.39, 0.29) is 11.6 Å². The van der Waals surface area contributed by atoms with Crippen molar-refractivity contribution in [3.8, 4) is 11.3 Å². The van der Waals surface area contributed by atoms with Crippen LogP contribution in [0.3, 0.4) is 0 Å². The summed E-state index contributed by atoms with van der Waals surface area (Å²) in [5, 5.41) is 11.5. The smallest absolute Gasteiger partial charge is 0.272 e. The fraction of sp³-hybridized carbons (Fsp3) is 0.0256. The molecule has 0 radical (unpaired) electrons. The molecule has 51 heavy (non-hydrogen) atoms. The van der Waals surface area contributed by atoms with Crippen LogP contribution in [0.5, 0.6) is 0 Å². The maximum Gasteiger partial charge on any atom is 0.272 e. The first kappa shape index (κ1) is 35.9. The molecule has 1 unspecified atom stereocenters. The van der Waals surface area contributed by atoms with Crippen molar-refractivity contribution < 1.29 is 14.4 Å². The van der Waals surface area contributed by atoms with Crippen LogP contribution in [0.15, 0.2) is 143 Å². The van der Waals surface area contributed by atoms with E-state index >= 15 is 0 Å². The fourth-order valence-electron chi connectivity index (χ4n) is 4.83. The van der Waals surface area contributed by atoms with Gasteiger partial charge in [-0.3, -0.25) is 14.4 Å². The van der Waals surface area contributed by atoms with Crippen LogP contribution in [0.2, 0.25) is 15.1 Å². The van der Waals surface area contributed by atoms with Gasteiger partial charge in [0, 0.05) is 32.1 Å². The summed E-state index contributed by atoms with van der Waals surface area (Å²) in [6, 6.07) is 37.4. The van der Waals surface area contributed by atoms with Gasteiger partial charge < -0.3 is 16.0 Å². The molecule has 254 valence electrons. The van der Waals surface area contributed by atoms with Crippen LogP contribution < -0.4 is 16.0 Å².